The van der Waals surface area contributed by atoms with Crippen molar-refractivity contribution in [2.45, 2.75) is 45.8 Å². The lowest BCUT2D eigenvalue weighted by atomic mass is 10.2. The standard InChI is InChI=1S/C18H26N4O2/c1-14-9-19-22(10-14)11-16-5-4-8-21(16)13-18(23)20(3)12-17-7-6-15(2)24-17/h6-7,9-10,16H,4-5,8,11-13H2,1-3H3. The van der Waals surface area contributed by atoms with Gasteiger partial charge in [-0.1, -0.05) is 0 Å². The van der Waals surface area contributed by atoms with Gasteiger partial charge in [-0.2, -0.15) is 5.10 Å². The maximum absolute atomic E-state index is 12.5. The normalized spacial score (nSPS) is 18.2. The Kier molecular flexibility index (Phi) is 5.04. The number of hydrogen-bond acceptors (Lipinski definition) is 4. The molecule has 6 heteroatoms. The SMILES string of the molecule is Cc1cnn(CC2CCCN2CC(=O)N(C)Cc2ccc(C)o2)c1. The number of hydrogen-bond donors (Lipinski definition) is 0. The lowest BCUT2D eigenvalue weighted by Crippen LogP contribution is -2.41. The van der Waals surface area contributed by atoms with Crippen molar-refractivity contribution in [2.24, 2.45) is 0 Å². The van der Waals surface area contributed by atoms with Crippen LogP contribution >= 0.6 is 0 Å². The molecule has 0 N–H and O–H groups in total. The first-order chi connectivity index (χ1) is 11.5. The van der Waals surface area contributed by atoms with Gasteiger partial charge in [-0.15, -0.1) is 0 Å². The van der Waals surface area contributed by atoms with Gasteiger partial charge in [-0.25, -0.2) is 0 Å². The van der Waals surface area contributed by atoms with E-state index in [1.165, 1.54) is 5.56 Å². The van der Waals surface area contributed by atoms with Crippen molar-refractivity contribution >= 4 is 5.91 Å². The molecular weight excluding hydrogens is 304 g/mol. The maximum Gasteiger partial charge on any atom is 0.236 e. The highest BCUT2D eigenvalue weighted by molar-refractivity contribution is 5.78. The molecule has 0 saturated carbocycles. The first-order valence-electron chi connectivity index (χ1n) is 8.53. The molecule has 0 aromatic carbocycles. The molecule has 2 aromatic heterocycles. The number of nitrogens with zero attached hydrogens (tertiary/aromatic N) is 4. The fraction of sp³-hybridized carbons (Fsp3) is 0.556. The second-order valence-electron chi connectivity index (χ2n) is 6.77. The Bertz CT molecular complexity index is 691. The molecule has 0 spiro atoms. The average molecular weight is 330 g/mol. The van der Waals surface area contributed by atoms with Gasteiger partial charge in [0.2, 0.25) is 5.91 Å². The van der Waals surface area contributed by atoms with Gasteiger partial charge in [-0.3, -0.25) is 14.4 Å². The number of likely N-dealkylation sites (N-methyl/N-ethyl adjacent to an activating group) is 1. The molecule has 1 saturated heterocycles. The lowest BCUT2D eigenvalue weighted by Gasteiger charge is -2.26. The zero-order valence-corrected chi connectivity index (χ0v) is 14.7. The van der Waals surface area contributed by atoms with Gasteiger partial charge in [0, 0.05) is 19.3 Å². The molecule has 3 heterocycles. The summed E-state index contributed by atoms with van der Waals surface area (Å²) in [4.78, 5) is 16.6. The van der Waals surface area contributed by atoms with Crippen molar-refractivity contribution in [1.82, 2.24) is 19.6 Å². The van der Waals surface area contributed by atoms with Crippen molar-refractivity contribution in [3.05, 3.63) is 41.6 Å². The van der Waals surface area contributed by atoms with Crippen LogP contribution in [0.3, 0.4) is 0 Å². The van der Waals surface area contributed by atoms with Crippen LogP contribution in [0.5, 0.6) is 0 Å². The van der Waals surface area contributed by atoms with E-state index in [-0.39, 0.29) is 5.91 Å². The molecule has 0 radical (unpaired) electrons. The summed E-state index contributed by atoms with van der Waals surface area (Å²) in [6.45, 7) is 6.76. The molecular formula is C18H26N4O2. The molecule has 3 rings (SSSR count). The van der Waals surface area contributed by atoms with E-state index in [2.05, 4.69) is 16.2 Å². The van der Waals surface area contributed by atoms with Gasteiger partial charge in [0.15, 0.2) is 0 Å². The fourth-order valence-electron chi connectivity index (χ4n) is 3.28. The quantitative estimate of drug-likeness (QED) is 0.815. The van der Waals surface area contributed by atoms with Gasteiger partial charge in [0.1, 0.15) is 11.5 Å². The van der Waals surface area contributed by atoms with Crippen LogP contribution in [0, 0.1) is 13.8 Å². The molecule has 130 valence electrons. The molecule has 0 bridgehead atoms. The minimum atomic E-state index is 0.132. The lowest BCUT2D eigenvalue weighted by molar-refractivity contribution is -0.132. The van der Waals surface area contributed by atoms with Gasteiger partial charge in [0.05, 0.1) is 25.8 Å². The number of furan rings is 1. The van der Waals surface area contributed by atoms with Crippen LogP contribution < -0.4 is 0 Å². The summed E-state index contributed by atoms with van der Waals surface area (Å²) in [5.41, 5.74) is 1.17. The zero-order chi connectivity index (χ0) is 17.1. The van der Waals surface area contributed by atoms with E-state index in [4.69, 9.17) is 4.42 Å². The minimum absolute atomic E-state index is 0.132. The first kappa shape index (κ1) is 16.8. The summed E-state index contributed by atoms with van der Waals surface area (Å²) in [6.07, 6.45) is 6.19. The molecule has 1 aliphatic heterocycles. The van der Waals surface area contributed by atoms with Crippen molar-refractivity contribution in [3.63, 3.8) is 0 Å². The molecule has 1 aliphatic rings. The van der Waals surface area contributed by atoms with Gasteiger partial charge >= 0.3 is 0 Å². The monoisotopic (exact) mass is 330 g/mol. The topological polar surface area (TPSA) is 54.5 Å². The summed E-state index contributed by atoms with van der Waals surface area (Å²) in [5, 5.41) is 4.37. The zero-order valence-electron chi connectivity index (χ0n) is 14.7. The molecule has 1 unspecified atom stereocenters. The molecule has 24 heavy (non-hydrogen) atoms. The van der Waals surface area contributed by atoms with Crippen LogP contribution in [0.15, 0.2) is 28.9 Å². The largest absolute Gasteiger partial charge is 0.464 e. The summed E-state index contributed by atoms with van der Waals surface area (Å²) < 4.78 is 7.54. The molecule has 1 amide bonds. The van der Waals surface area contributed by atoms with Crippen molar-refractivity contribution in [2.75, 3.05) is 20.1 Å². The summed E-state index contributed by atoms with van der Waals surface area (Å²) in [6, 6.07) is 4.24. The van der Waals surface area contributed by atoms with E-state index in [0.717, 1.165) is 37.5 Å². The van der Waals surface area contributed by atoms with Gasteiger partial charge in [-0.05, 0) is 50.9 Å². The van der Waals surface area contributed by atoms with E-state index in [1.54, 1.807) is 4.90 Å². The summed E-state index contributed by atoms with van der Waals surface area (Å²) in [5.74, 6) is 1.83. The summed E-state index contributed by atoms with van der Waals surface area (Å²) >= 11 is 0. The second-order valence-corrected chi connectivity index (χ2v) is 6.77. The van der Waals surface area contributed by atoms with E-state index in [0.29, 0.717) is 19.1 Å². The predicted octanol–water partition coefficient (Wildman–Crippen LogP) is 2.22. The number of likely N-dealkylation sites (tertiary alicyclic amines) is 1. The van der Waals surface area contributed by atoms with Crippen LogP contribution in [0.2, 0.25) is 0 Å². The van der Waals surface area contributed by atoms with Gasteiger partial charge in [0.25, 0.3) is 0 Å². The summed E-state index contributed by atoms with van der Waals surface area (Å²) in [7, 11) is 1.84. The Balaban J connectivity index is 1.54. The van der Waals surface area contributed by atoms with Crippen LogP contribution in [0.25, 0.3) is 0 Å². The maximum atomic E-state index is 12.5. The number of carbonyl (C=O) groups is 1. The third kappa shape index (κ3) is 4.06. The number of amides is 1. The third-order valence-corrected chi connectivity index (χ3v) is 4.61. The second kappa shape index (κ2) is 7.21. The van der Waals surface area contributed by atoms with Crippen LogP contribution in [0.4, 0.5) is 0 Å². The number of aromatic nitrogens is 2. The Morgan fingerprint density at radius 3 is 2.92 bits per heavy atom. The number of rotatable bonds is 6. The minimum Gasteiger partial charge on any atom is -0.464 e. The van der Waals surface area contributed by atoms with Crippen LogP contribution in [-0.2, 0) is 17.9 Å². The highest BCUT2D eigenvalue weighted by atomic mass is 16.3. The van der Waals surface area contributed by atoms with Crippen LogP contribution in [-0.4, -0.2) is 51.7 Å². The van der Waals surface area contributed by atoms with E-state index < -0.39 is 0 Å². The Morgan fingerprint density at radius 1 is 1.42 bits per heavy atom. The van der Waals surface area contributed by atoms with Crippen LogP contribution in [0.1, 0.15) is 29.9 Å². The fourth-order valence-corrected chi connectivity index (χ4v) is 3.28. The van der Waals surface area contributed by atoms with Gasteiger partial charge < -0.3 is 9.32 Å². The Hall–Kier alpha value is -2.08. The van der Waals surface area contributed by atoms with E-state index >= 15 is 0 Å². The molecule has 0 aliphatic carbocycles. The van der Waals surface area contributed by atoms with Crippen molar-refractivity contribution in [3.8, 4) is 0 Å². The third-order valence-electron chi connectivity index (χ3n) is 4.61. The van der Waals surface area contributed by atoms with Crippen molar-refractivity contribution < 1.29 is 9.21 Å². The first-order valence-corrected chi connectivity index (χ1v) is 8.53. The average Bonchev–Trinajstić information content (AvgIpc) is 3.24. The Morgan fingerprint density at radius 2 is 2.25 bits per heavy atom. The molecule has 1 fully saturated rings. The van der Waals surface area contributed by atoms with E-state index in [1.807, 2.05) is 43.9 Å². The number of aryl methyl sites for hydroxylation is 2. The predicted molar refractivity (Wildman–Crippen MR) is 91.5 cm³/mol. The number of carbonyl (C=O) groups excluding carboxylic acids is 1. The molecule has 6 nitrogen and oxygen atoms in total. The Labute approximate surface area is 143 Å². The smallest absolute Gasteiger partial charge is 0.236 e. The molecule has 2 aromatic rings. The highest BCUT2D eigenvalue weighted by Gasteiger charge is 2.27. The molecule has 1 atom stereocenters. The van der Waals surface area contributed by atoms with E-state index in [9.17, 15) is 4.79 Å². The highest BCUT2D eigenvalue weighted by Crippen LogP contribution is 2.19. The van der Waals surface area contributed by atoms with Crippen molar-refractivity contribution in [1.29, 1.82) is 0 Å².